The first kappa shape index (κ1) is 20.1. The van der Waals surface area contributed by atoms with Gasteiger partial charge in [-0.1, -0.05) is 25.4 Å². The van der Waals surface area contributed by atoms with Crippen molar-refractivity contribution in [2.24, 2.45) is 5.92 Å². The van der Waals surface area contributed by atoms with Crippen LogP contribution in [0.1, 0.15) is 34.6 Å². The van der Waals surface area contributed by atoms with Crippen LogP contribution in [0.4, 0.5) is 10.5 Å². The lowest BCUT2D eigenvalue weighted by Crippen LogP contribution is -2.48. The van der Waals surface area contributed by atoms with Crippen molar-refractivity contribution in [1.82, 2.24) is 5.32 Å². The van der Waals surface area contributed by atoms with Crippen LogP contribution in [0.2, 0.25) is 5.02 Å². The Balaban J connectivity index is 2.80. The predicted octanol–water partition coefficient (Wildman–Crippen LogP) is 3.84. The summed E-state index contributed by atoms with van der Waals surface area (Å²) in [6.45, 7) is 8.95. The van der Waals surface area contributed by atoms with Gasteiger partial charge in [0, 0.05) is 5.69 Å². The third-order valence-corrected chi connectivity index (χ3v) is 3.34. The molecule has 1 rings (SSSR count). The summed E-state index contributed by atoms with van der Waals surface area (Å²) in [4.78, 5) is 24.4. The van der Waals surface area contributed by atoms with Gasteiger partial charge >= 0.3 is 6.09 Å². The molecular formula is C17H25ClN2O4. The molecule has 0 bridgehead atoms. The van der Waals surface area contributed by atoms with Gasteiger partial charge in [-0.15, -0.1) is 0 Å². The highest BCUT2D eigenvalue weighted by molar-refractivity contribution is 6.32. The quantitative estimate of drug-likeness (QED) is 0.840. The van der Waals surface area contributed by atoms with Gasteiger partial charge in [0.05, 0.1) is 12.1 Å². The summed E-state index contributed by atoms with van der Waals surface area (Å²) in [5.74, 6) is 0.0466. The molecule has 0 radical (unpaired) electrons. The van der Waals surface area contributed by atoms with Crippen LogP contribution in [0, 0.1) is 5.92 Å². The molecule has 0 aliphatic carbocycles. The number of rotatable bonds is 5. The van der Waals surface area contributed by atoms with Crippen LogP contribution in [-0.2, 0) is 9.53 Å². The number of halogens is 1. The van der Waals surface area contributed by atoms with E-state index in [4.69, 9.17) is 21.1 Å². The van der Waals surface area contributed by atoms with Crippen molar-refractivity contribution in [2.45, 2.75) is 46.3 Å². The van der Waals surface area contributed by atoms with Gasteiger partial charge in [-0.3, -0.25) is 4.79 Å². The molecule has 0 saturated carbocycles. The lowest BCUT2D eigenvalue weighted by Gasteiger charge is -2.25. The maximum absolute atomic E-state index is 12.5. The number of carbonyl (C=O) groups excluding carboxylic acids is 2. The molecule has 2 amide bonds. The monoisotopic (exact) mass is 356 g/mol. The maximum atomic E-state index is 12.5. The van der Waals surface area contributed by atoms with Crippen LogP contribution in [0.3, 0.4) is 0 Å². The third-order valence-electron chi connectivity index (χ3n) is 3.04. The number of hydrogen-bond donors (Lipinski definition) is 2. The summed E-state index contributed by atoms with van der Waals surface area (Å²) >= 11 is 6.05. The molecular weight excluding hydrogens is 332 g/mol. The van der Waals surface area contributed by atoms with Gasteiger partial charge in [-0.2, -0.15) is 0 Å². The predicted molar refractivity (Wildman–Crippen MR) is 94.6 cm³/mol. The fourth-order valence-electron chi connectivity index (χ4n) is 1.93. The number of nitrogens with one attached hydrogen (secondary N) is 2. The smallest absolute Gasteiger partial charge is 0.408 e. The summed E-state index contributed by atoms with van der Waals surface area (Å²) in [5.41, 5.74) is -0.117. The number of amides is 2. The normalized spacial score (nSPS) is 12.5. The Kier molecular flexibility index (Phi) is 6.90. The van der Waals surface area contributed by atoms with Gasteiger partial charge in [0.25, 0.3) is 0 Å². The zero-order valence-electron chi connectivity index (χ0n) is 14.9. The average Bonchev–Trinajstić information content (AvgIpc) is 2.42. The van der Waals surface area contributed by atoms with Crippen LogP contribution >= 0.6 is 11.6 Å². The SMILES string of the molecule is COc1ccc(NC(=O)C(NC(=O)OC(C)(C)C)C(C)C)cc1Cl. The topological polar surface area (TPSA) is 76.7 Å². The minimum absolute atomic E-state index is 0.119. The minimum Gasteiger partial charge on any atom is -0.495 e. The van der Waals surface area contributed by atoms with Crippen LogP contribution in [0.15, 0.2) is 18.2 Å². The lowest BCUT2D eigenvalue weighted by molar-refractivity contribution is -0.119. The number of hydrogen-bond acceptors (Lipinski definition) is 4. The second-order valence-corrected chi connectivity index (χ2v) is 7.11. The van der Waals surface area contributed by atoms with E-state index in [0.717, 1.165) is 0 Å². The molecule has 24 heavy (non-hydrogen) atoms. The minimum atomic E-state index is -0.735. The summed E-state index contributed by atoms with van der Waals surface area (Å²) in [6, 6.07) is 4.18. The number of ether oxygens (including phenoxy) is 2. The standard InChI is InChI=1S/C17H25ClN2O4/c1-10(2)14(20-16(22)24-17(3,4)5)15(21)19-11-7-8-13(23-6)12(18)9-11/h7-10,14H,1-6H3,(H,19,21)(H,20,22). The van der Waals surface area contributed by atoms with Crippen LogP contribution in [-0.4, -0.2) is 30.8 Å². The van der Waals surface area contributed by atoms with Gasteiger partial charge in [0.15, 0.2) is 0 Å². The van der Waals surface area contributed by atoms with E-state index in [1.165, 1.54) is 7.11 Å². The molecule has 1 unspecified atom stereocenters. The summed E-state index contributed by atoms with van der Waals surface area (Å²) in [7, 11) is 1.51. The highest BCUT2D eigenvalue weighted by Gasteiger charge is 2.27. The van der Waals surface area contributed by atoms with E-state index >= 15 is 0 Å². The zero-order valence-corrected chi connectivity index (χ0v) is 15.7. The molecule has 0 spiro atoms. The lowest BCUT2D eigenvalue weighted by atomic mass is 10.0. The molecule has 0 fully saturated rings. The van der Waals surface area contributed by atoms with E-state index in [0.29, 0.717) is 16.5 Å². The Morgan fingerprint density at radius 2 is 1.83 bits per heavy atom. The molecule has 0 heterocycles. The number of benzene rings is 1. The molecule has 2 N–H and O–H groups in total. The van der Waals surface area contributed by atoms with Crippen molar-refractivity contribution >= 4 is 29.3 Å². The summed E-state index contributed by atoms with van der Waals surface area (Å²) in [6.07, 6.45) is -0.635. The first-order valence-corrected chi connectivity index (χ1v) is 8.05. The van der Waals surface area contributed by atoms with E-state index in [9.17, 15) is 9.59 Å². The Morgan fingerprint density at radius 1 is 1.21 bits per heavy atom. The van der Waals surface area contributed by atoms with Crippen molar-refractivity contribution in [3.63, 3.8) is 0 Å². The zero-order chi connectivity index (χ0) is 18.5. The highest BCUT2D eigenvalue weighted by atomic mass is 35.5. The van der Waals surface area contributed by atoms with Gasteiger partial charge in [-0.25, -0.2) is 4.79 Å². The molecule has 0 saturated heterocycles. The van der Waals surface area contributed by atoms with Crippen molar-refractivity contribution < 1.29 is 19.1 Å². The van der Waals surface area contributed by atoms with Crippen molar-refractivity contribution in [3.8, 4) is 5.75 Å². The fraction of sp³-hybridized carbons (Fsp3) is 0.529. The number of alkyl carbamates (subject to hydrolysis) is 1. The Bertz CT molecular complexity index is 597. The molecule has 1 aromatic carbocycles. The van der Waals surface area contributed by atoms with Gasteiger partial charge < -0.3 is 20.1 Å². The molecule has 0 aliphatic heterocycles. The second kappa shape index (κ2) is 8.24. The summed E-state index contributed by atoms with van der Waals surface area (Å²) < 4.78 is 10.3. The van der Waals surface area contributed by atoms with Crippen molar-refractivity contribution in [2.75, 3.05) is 12.4 Å². The Hall–Kier alpha value is -1.95. The molecule has 6 nitrogen and oxygen atoms in total. The van der Waals surface area contributed by atoms with Crippen LogP contribution < -0.4 is 15.4 Å². The van der Waals surface area contributed by atoms with Gasteiger partial charge in [-0.05, 0) is 44.9 Å². The molecule has 0 aromatic heterocycles. The highest BCUT2D eigenvalue weighted by Crippen LogP contribution is 2.27. The van der Waals surface area contributed by atoms with Crippen LogP contribution in [0.5, 0.6) is 5.75 Å². The Labute approximate surface area is 147 Å². The van der Waals surface area contributed by atoms with E-state index < -0.39 is 17.7 Å². The Morgan fingerprint density at radius 3 is 2.29 bits per heavy atom. The van der Waals surface area contributed by atoms with Gasteiger partial charge in [0.1, 0.15) is 17.4 Å². The second-order valence-electron chi connectivity index (χ2n) is 6.71. The number of methoxy groups -OCH3 is 1. The number of carbonyl (C=O) groups is 2. The maximum Gasteiger partial charge on any atom is 0.408 e. The molecule has 1 atom stereocenters. The molecule has 1 aromatic rings. The first-order chi connectivity index (χ1) is 11.0. The van der Waals surface area contributed by atoms with E-state index in [1.807, 2.05) is 13.8 Å². The summed E-state index contributed by atoms with van der Waals surface area (Å²) in [5, 5.41) is 5.72. The largest absolute Gasteiger partial charge is 0.495 e. The molecule has 7 heteroatoms. The van der Waals surface area contributed by atoms with Crippen LogP contribution in [0.25, 0.3) is 0 Å². The van der Waals surface area contributed by atoms with E-state index in [1.54, 1.807) is 39.0 Å². The third kappa shape index (κ3) is 6.28. The molecule has 0 aliphatic rings. The van der Waals surface area contributed by atoms with Crippen molar-refractivity contribution in [3.05, 3.63) is 23.2 Å². The van der Waals surface area contributed by atoms with Gasteiger partial charge in [0.2, 0.25) is 5.91 Å². The van der Waals surface area contributed by atoms with E-state index in [2.05, 4.69) is 10.6 Å². The number of anilines is 1. The first-order valence-electron chi connectivity index (χ1n) is 7.67. The fourth-order valence-corrected chi connectivity index (χ4v) is 2.19. The van der Waals surface area contributed by atoms with E-state index in [-0.39, 0.29) is 11.8 Å². The average molecular weight is 357 g/mol. The molecule has 134 valence electrons. The van der Waals surface area contributed by atoms with Crippen molar-refractivity contribution in [1.29, 1.82) is 0 Å².